The normalized spacial score (nSPS) is 9.77. The van der Waals surface area contributed by atoms with Crippen LogP contribution in [0.2, 0.25) is 0 Å². The van der Waals surface area contributed by atoms with E-state index < -0.39 is 11.6 Å². The lowest BCUT2D eigenvalue weighted by molar-refractivity contribution is 0.338. The van der Waals surface area contributed by atoms with Crippen LogP contribution in [0.4, 0.5) is 8.78 Å². The molecule has 0 N–H and O–H groups in total. The van der Waals surface area contributed by atoms with Gasteiger partial charge in [0.25, 0.3) is 0 Å². The van der Waals surface area contributed by atoms with Gasteiger partial charge < -0.3 is 4.74 Å². The molecule has 0 saturated heterocycles. The lowest BCUT2D eigenvalue weighted by Gasteiger charge is -2.06. The topological polar surface area (TPSA) is 9.23 Å². The van der Waals surface area contributed by atoms with Crippen molar-refractivity contribution in [2.24, 2.45) is 0 Å². The molecule has 0 bridgehead atoms. The second-order valence-electron chi connectivity index (χ2n) is 2.30. The fourth-order valence-electron chi connectivity index (χ4n) is 0.809. The molecule has 0 fully saturated rings. The molecular formula is C9H7BrF2O. The lowest BCUT2D eigenvalue weighted by atomic mass is 10.3. The molecule has 0 amide bonds. The number of rotatable bonds is 3. The van der Waals surface area contributed by atoms with E-state index in [1.807, 2.05) is 0 Å². The molecule has 1 rings (SSSR count). The molecule has 0 aliphatic heterocycles. The SMILES string of the molecule is C=CCOc1c(F)cc(F)cc1Br. The Labute approximate surface area is 83.1 Å². The highest BCUT2D eigenvalue weighted by molar-refractivity contribution is 9.10. The van der Waals surface area contributed by atoms with Gasteiger partial charge in [-0.15, -0.1) is 0 Å². The molecule has 1 nitrogen and oxygen atoms in total. The Morgan fingerprint density at radius 3 is 2.69 bits per heavy atom. The molecule has 0 aromatic heterocycles. The fraction of sp³-hybridized carbons (Fsp3) is 0.111. The predicted octanol–water partition coefficient (Wildman–Crippen LogP) is 3.29. The van der Waals surface area contributed by atoms with E-state index in [1.165, 1.54) is 6.08 Å². The van der Waals surface area contributed by atoms with Crippen molar-refractivity contribution >= 4 is 15.9 Å². The van der Waals surface area contributed by atoms with Crippen LogP contribution >= 0.6 is 15.9 Å². The second-order valence-corrected chi connectivity index (χ2v) is 3.15. The van der Waals surface area contributed by atoms with Crippen molar-refractivity contribution in [2.45, 2.75) is 0 Å². The van der Waals surface area contributed by atoms with E-state index in [4.69, 9.17) is 4.74 Å². The Morgan fingerprint density at radius 2 is 2.15 bits per heavy atom. The molecular weight excluding hydrogens is 242 g/mol. The van der Waals surface area contributed by atoms with Crippen LogP contribution in [-0.4, -0.2) is 6.61 Å². The number of ether oxygens (including phenoxy) is 1. The minimum atomic E-state index is -0.728. The maximum absolute atomic E-state index is 13.0. The largest absolute Gasteiger partial charge is 0.485 e. The van der Waals surface area contributed by atoms with Gasteiger partial charge in [0.05, 0.1) is 4.47 Å². The van der Waals surface area contributed by atoms with Gasteiger partial charge in [0, 0.05) is 6.07 Å². The summed E-state index contributed by atoms with van der Waals surface area (Å²) in [7, 11) is 0. The van der Waals surface area contributed by atoms with Crippen molar-refractivity contribution < 1.29 is 13.5 Å². The third kappa shape index (κ3) is 2.52. The van der Waals surface area contributed by atoms with Crippen molar-refractivity contribution in [1.29, 1.82) is 0 Å². The summed E-state index contributed by atoms with van der Waals surface area (Å²) in [6.45, 7) is 3.60. The van der Waals surface area contributed by atoms with Crippen molar-refractivity contribution in [3.63, 3.8) is 0 Å². The van der Waals surface area contributed by atoms with Crippen LogP contribution in [0.15, 0.2) is 29.3 Å². The first-order chi connectivity index (χ1) is 6.15. The van der Waals surface area contributed by atoms with Gasteiger partial charge in [-0.2, -0.15) is 0 Å². The van der Waals surface area contributed by atoms with Crippen LogP contribution in [0.25, 0.3) is 0 Å². The maximum atomic E-state index is 13.0. The standard InChI is InChI=1S/C9H7BrF2O/c1-2-3-13-9-7(10)4-6(11)5-8(9)12/h2,4-5H,1,3H2. The Kier molecular flexibility index (Phi) is 3.42. The Balaban J connectivity index is 2.98. The van der Waals surface area contributed by atoms with Gasteiger partial charge in [0.1, 0.15) is 12.4 Å². The average molecular weight is 249 g/mol. The van der Waals surface area contributed by atoms with Crippen LogP contribution in [0.3, 0.4) is 0 Å². The predicted molar refractivity (Wildman–Crippen MR) is 49.8 cm³/mol. The summed E-state index contributed by atoms with van der Waals surface area (Å²) in [5, 5.41) is 0. The molecule has 13 heavy (non-hydrogen) atoms. The zero-order chi connectivity index (χ0) is 9.84. The Hall–Kier alpha value is -0.900. The van der Waals surface area contributed by atoms with E-state index in [2.05, 4.69) is 22.5 Å². The van der Waals surface area contributed by atoms with Crippen molar-refractivity contribution in [3.05, 3.63) is 40.9 Å². The van der Waals surface area contributed by atoms with Gasteiger partial charge in [-0.25, -0.2) is 8.78 Å². The molecule has 4 heteroatoms. The highest BCUT2D eigenvalue weighted by Crippen LogP contribution is 2.29. The van der Waals surface area contributed by atoms with E-state index in [0.717, 1.165) is 12.1 Å². The first-order valence-corrected chi connectivity index (χ1v) is 4.32. The third-order valence-electron chi connectivity index (χ3n) is 1.31. The van der Waals surface area contributed by atoms with Gasteiger partial charge in [-0.3, -0.25) is 0 Å². The highest BCUT2D eigenvalue weighted by atomic mass is 79.9. The first-order valence-electron chi connectivity index (χ1n) is 3.53. The molecule has 0 aliphatic carbocycles. The van der Waals surface area contributed by atoms with Crippen LogP contribution in [0.5, 0.6) is 5.75 Å². The van der Waals surface area contributed by atoms with Crippen LogP contribution in [-0.2, 0) is 0 Å². The Morgan fingerprint density at radius 1 is 1.46 bits per heavy atom. The van der Waals surface area contributed by atoms with Gasteiger partial charge >= 0.3 is 0 Å². The summed E-state index contributed by atoms with van der Waals surface area (Å²) in [6, 6.07) is 1.91. The monoisotopic (exact) mass is 248 g/mol. The first kappa shape index (κ1) is 10.2. The summed E-state index contributed by atoms with van der Waals surface area (Å²) in [5.41, 5.74) is 0. The third-order valence-corrected chi connectivity index (χ3v) is 1.90. The Bertz CT molecular complexity index is 302. The van der Waals surface area contributed by atoms with Crippen LogP contribution in [0, 0.1) is 11.6 Å². The molecule has 0 saturated carbocycles. The van der Waals surface area contributed by atoms with Crippen molar-refractivity contribution in [2.75, 3.05) is 6.61 Å². The summed E-state index contributed by atoms with van der Waals surface area (Å²) in [6.07, 6.45) is 1.48. The summed E-state index contributed by atoms with van der Waals surface area (Å²) in [5.74, 6) is -1.37. The van der Waals surface area contributed by atoms with Crippen LogP contribution in [0.1, 0.15) is 0 Å². The number of hydrogen-bond acceptors (Lipinski definition) is 1. The quantitative estimate of drug-likeness (QED) is 0.747. The minimum Gasteiger partial charge on any atom is -0.485 e. The van der Waals surface area contributed by atoms with Crippen LogP contribution < -0.4 is 4.74 Å². The number of benzene rings is 1. The van der Waals surface area contributed by atoms with Gasteiger partial charge in [-0.1, -0.05) is 12.7 Å². The van der Waals surface area contributed by atoms with Crippen molar-refractivity contribution in [1.82, 2.24) is 0 Å². The fourth-order valence-corrected chi connectivity index (χ4v) is 1.33. The highest BCUT2D eigenvalue weighted by Gasteiger charge is 2.09. The van der Waals surface area contributed by atoms with E-state index >= 15 is 0 Å². The van der Waals surface area contributed by atoms with Crippen molar-refractivity contribution in [3.8, 4) is 5.75 Å². The summed E-state index contributed by atoms with van der Waals surface area (Å²) < 4.78 is 30.8. The summed E-state index contributed by atoms with van der Waals surface area (Å²) >= 11 is 2.99. The van der Waals surface area contributed by atoms with E-state index in [9.17, 15) is 8.78 Å². The molecule has 0 radical (unpaired) electrons. The molecule has 1 aromatic carbocycles. The van der Waals surface area contributed by atoms with Gasteiger partial charge in [0.2, 0.25) is 0 Å². The van der Waals surface area contributed by atoms with E-state index in [1.54, 1.807) is 0 Å². The zero-order valence-electron chi connectivity index (χ0n) is 6.69. The zero-order valence-corrected chi connectivity index (χ0v) is 8.27. The molecule has 0 aliphatic rings. The van der Waals surface area contributed by atoms with E-state index in [-0.39, 0.29) is 16.8 Å². The second kappa shape index (κ2) is 4.37. The maximum Gasteiger partial charge on any atom is 0.169 e. The molecule has 0 unspecified atom stereocenters. The smallest absolute Gasteiger partial charge is 0.169 e. The van der Waals surface area contributed by atoms with E-state index in [0.29, 0.717) is 0 Å². The number of hydrogen-bond donors (Lipinski definition) is 0. The molecule has 70 valence electrons. The number of halogens is 3. The minimum absolute atomic E-state index is 0.00120. The lowest BCUT2D eigenvalue weighted by Crippen LogP contribution is -1.97. The van der Waals surface area contributed by atoms with Gasteiger partial charge in [-0.05, 0) is 22.0 Å². The summed E-state index contributed by atoms with van der Waals surface area (Å²) in [4.78, 5) is 0. The average Bonchev–Trinajstić information content (AvgIpc) is 2.02. The van der Waals surface area contributed by atoms with Gasteiger partial charge in [0.15, 0.2) is 11.6 Å². The molecule has 0 heterocycles. The molecule has 0 spiro atoms. The molecule has 1 aromatic rings. The molecule has 0 atom stereocenters.